The highest BCUT2D eigenvalue weighted by atomic mass is 35.5. The van der Waals surface area contributed by atoms with Gasteiger partial charge in [0.1, 0.15) is 0 Å². The molecule has 0 radical (unpaired) electrons. The van der Waals surface area contributed by atoms with Gasteiger partial charge in [-0.05, 0) is 30.9 Å². The van der Waals surface area contributed by atoms with Crippen molar-refractivity contribution in [1.82, 2.24) is 5.32 Å². The molecule has 0 aliphatic heterocycles. The van der Waals surface area contributed by atoms with Gasteiger partial charge < -0.3 is 5.32 Å². The molecular formula is C13H20ClNOS. The molecule has 96 valence electrons. The maximum Gasteiger partial charge on any atom is 0.261 e. The predicted molar refractivity (Wildman–Crippen MR) is 75.1 cm³/mol. The molecule has 1 heterocycles. The highest BCUT2D eigenvalue weighted by Crippen LogP contribution is 2.23. The third-order valence-corrected chi connectivity index (χ3v) is 3.93. The Balaban J connectivity index is 2.71. The van der Waals surface area contributed by atoms with Gasteiger partial charge in [-0.25, -0.2) is 0 Å². The van der Waals surface area contributed by atoms with Crippen molar-refractivity contribution >= 4 is 28.8 Å². The van der Waals surface area contributed by atoms with Crippen molar-refractivity contribution in [3.63, 3.8) is 0 Å². The van der Waals surface area contributed by atoms with E-state index in [1.165, 1.54) is 11.3 Å². The molecule has 1 amide bonds. The first-order chi connectivity index (χ1) is 7.84. The van der Waals surface area contributed by atoms with Crippen molar-refractivity contribution in [2.75, 3.05) is 5.88 Å². The Kier molecular flexibility index (Phi) is 5.02. The van der Waals surface area contributed by atoms with E-state index in [9.17, 15) is 4.79 Å². The quantitative estimate of drug-likeness (QED) is 0.830. The number of alkyl halides is 1. The third-order valence-electron chi connectivity index (χ3n) is 2.71. The minimum absolute atomic E-state index is 0.00754. The molecule has 0 bridgehead atoms. The standard InChI is InChI=1S/C13H20ClNOS/c1-9-5-6-10(17-9)12(16)15-11(7-8-14)13(2,3)4/h5-6,11H,7-8H2,1-4H3,(H,15,16). The Labute approximate surface area is 112 Å². The lowest BCUT2D eigenvalue weighted by Crippen LogP contribution is -2.43. The third kappa shape index (κ3) is 4.32. The van der Waals surface area contributed by atoms with Crippen molar-refractivity contribution < 1.29 is 4.79 Å². The topological polar surface area (TPSA) is 29.1 Å². The number of aryl methyl sites for hydroxylation is 1. The van der Waals surface area contributed by atoms with Crippen LogP contribution in [0.2, 0.25) is 0 Å². The second kappa shape index (κ2) is 5.87. The lowest BCUT2D eigenvalue weighted by Gasteiger charge is -2.30. The first-order valence-corrected chi connectivity index (χ1v) is 7.13. The van der Waals surface area contributed by atoms with E-state index in [4.69, 9.17) is 11.6 Å². The van der Waals surface area contributed by atoms with Crippen molar-refractivity contribution in [3.8, 4) is 0 Å². The number of thiophene rings is 1. The molecule has 0 aromatic carbocycles. The van der Waals surface area contributed by atoms with Crippen molar-refractivity contribution in [3.05, 3.63) is 21.9 Å². The van der Waals surface area contributed by atoms with E-state index in [1.807, 2.05) is 19.1 Å². The molecule has 1 aromatic rings. The van der Waals surface area contributed by atoms with Gasteiger partial charge in [0.15, 0.2) is 0 Å². The zero-order valence-electron chi connectivity index (χ0n) is 10.8. The van der Waals surface area contributed by atoms with Crippen LogP contribution in [0.15, 0.2) is 12.1 Å². The fourth-order valence-corrected chi connectivity index (χ4v) is 2.61. The number of amides is 1. The monoisotopic (exact) mass is 273 g/mol. The number of nitrogens with one attached hydrogen (secondary N) is 1. The van der Waals surface area contributed by atoms with Crippen LogP contribution in [0.25, 0.3) is 0 Å². The predicted octanol–water partition coefficient (Wildman–Crippen LogP) is 3.83. The molecule has 4 heteroatoms. The van der Waals surface area contributed by atoms with Crippen LogP contribution in [-0.4, -0.2) is 17.8 Å². The maximum atomic E-state index is 12.0. The van der Waals surface area contributed by atoms with E-state index in [2.05, 4.69) is 26.1 Å². The van der Waals surface area contributed by atoms with Gasteiger partial charge in [0, 0.05) is 16.8 Å². The second-order valence-corrected chi connectivity index (χ2v) is 6.95. The number of hydrogen-bond acceptors (Lipinski definition) is 2. The average molecular weight is 274 g/mol. The summed E-state index contributed by atoms with van der Waals surface area (Å²) in [6.45, 7) is 8.35. The Morgan fingerprint density at radius 1 is 1.47 bits per heavy atom. The zero-order valence-corrected chi connectivity index (χ0v) is 12.4. The first-order valence-electron chi connectivity index (χ1n) is 5.78. The normalized spacial score (nSPS) is 13.5. The van der Waals surface area contributed by atoms with E-state index in [0.29, 0.717) is 5.88 Å². The summed E-state index contributed by atoms with van der Waals surface area (Å²) in [5, 5.41) is 3.07. The highest BCUT2D eigenvalue weighted by Gasteiger charge is 2.26. The number of carbonyl (C=O) groups is 1. The molecule has 17 heavy (non-hydrogen) atoms. The van der Waals surface area contributed by atoms with Crippen LogP contribution < -0.4 is 5.32 Å². The Hall–Kier alpha value is -0.540. The van der Waals surface area contributed by atoms with Crippen LogP contribution >= 0.6 is 22.9 Å². The molecule has 0 saturated carbocycles. The molecule has 1 atom stereocenters. The van der Waals surface area contributed by atoms with Gasteiger partial charge in [0.2, 0.25) is 0 Å². The van der Waals surface area contributed by atoms with E-state index >= 15 is 0 Å². The van der Waals surface area contributed by atoms with Gasteiger partial charge in [-0.15, -0.1) is 22.9 Å². The Bertz CT molecular complexity index is 381. The molecule has 1 unspecified atom stereocenters. The second-order valence-electron chi connectivity index (χ2n) is 5.28. The lowest BCUT2D eigenvalue weighted by molar-refractivity contribution is 0.0904. The summed E-state index contributed by atoms with van der Waals surface area (Å²) in [5.74, 6) is 0.569. The number of carbonyl (C=O) groups excluding carboxylic acids is 1. The Morgan fingerprint density at radius 3 is 2.53 bits per heavy atom. The molecular weight excluding hydrogens is 254 g/mol. The molecule has 0 spiro atoms. The Morgan fingerprint density at radius 2 is 2.12 bits per heavy atom. The van der Waals surface area contributed by atoms with Crippen LogP contribution in [0.4, 0.5) is 0 Å². The fourth-order valence-electron chi connectivity index (χ4n) is 1.62. The summed E-state index contributed by atoms with van der Waals surface area (Å²) in [4.78, 5) is 14.0. The van der Waals surface area contributed by atoms with Crippen LogP contribution in [0, 0.1) is 12.3 Å². The molecule has 2 nitrogen and oxygen atoms in total. The van der Waals surface area contributed by atoms with Gasteiger partial charge in [-0.3, -0.25) is 4.79 Å². The molecule has 1 rings (SSSR count). The van der Waals surface area contributed by atoms with E-state index < -0.39 is 0 Å². The largest absolute Gasteiger partial charge is 0.348 e. The summed E-state index contributed by atoms with van der Waals surface area (Å²) in [5.41, 5.74) is 0.0247. The molecule has 0 aliphatic carbocycles. The minimum atomic E-state index is 0.00754. The van der Waals surface area contributed by atoms with Gasteiger partial charge in [0.25, 0.3) is 5.91 Å². The van der Waals surface area contributed by atoms with Crippen molar-refractivity contribution in [2.24, 2.45) is 5.41 Å². The smallest absolute Gasteiger partial charge is 0.261 e. The van der Waals surface area contributed by atoms with Gasteiger partial charge in [-0.2, -0.15) is 0 Å². The average Bonchev–Trinajstić information content (AvgIpc) is 2.62. The summed E-state index contributed by atoms with van der Waals surface area (Å²) in [6.07, 6.45) is 0.793. The molecule has 0 fully saturated rings. The highest BCUT2D eigenvalue weighted by molar-refractivity contribution is 7.13. The summed E-state index contributed by atoms with van der Waals surface area (Å²) < 4.78 is 0. The van der Waals surface area contributed by atoms with E-state index in [0.717, 1.165) is 16.2 Å². The SMILES string of the molecule is Cc1ccc(C(=O)NC(CCCl)C(C)(C)C)s1. The van der Waals surface area contributed by atoms with Crippen molar-refractivity contribution in [2.45, 2.75) is 40.2 Å². The summed E-state index contributed by atoms with van der Waals surface area (Å²) >= 11 is 7.31. The summed E-state index contributed by atoms with van der Waals surface area (Å²) in [6, 6.07) is 3.94. The molecule has 0 aliphatic rings. The van der Waals surface area contributed by atoms with Crippen LogP contribution in [0.3, 0.4) is 0 Å². The number of rotatable bonds is 4. The number of hydrogen-bond donors (Lipinski definition) is 1. The fraction of sp³-hybridized carbons (Fsp3) is 0.615. The van der Waals surface area contributed by atoms with Crippen LogP contribution in [0.5, 0.6) is 0 Å². The minimum Gasteiger partial charge on any atom is -0.348 e. The number of halogens is 1. The summed E-state index contributed by atoms with van der Waals surface area (Å²) in [7, 11) is 0. The first kappa shape index (κ1) is 14.5. The van der Waals surface area contributed by atoms with Crippen LogP contribution in [0.1, 0.15) is 41.7 Å². The maximum absolute atomic E-state index is 12.0. The van der Waals surface area contributed by atoms with Crippen LogP contribution in [-0.2, 0) is 0 Å². The van der Waals surface area contributed by atoms with Crippen molar-refractivity contribution in [1.29, 1.82) is 0 Å². The zero-order chi connectivity index (χ0) is 13.1. The van der Waals surface area contributed by atoms with Gasteiger partial charge >= 0.3 is 0 Å². The molecule has 0 saturated heterocycles. The molecule has 1 aromatic heterocycles. The van der Waals surface area contributed by atoms with E-state index in [1.54, 1.807) is 0 Å². The lowest BCUT2D eigenvalue weighted by atomic mass is 9.85. The molecule has 1 N–H and O–H groups in total. The van der Waals surface area contributed by atoms with Gasteiger partial charge in [-0.1, -0.05) is 20.8 Å². The van der Waals surface area contributed by atoms with E-state index in [-0.39, 0.29) is 17.4 Å². The van der Waals surface area contributed by atoms with Gasteiger partial charge in [0.05, 0.1) is 4.88 Å².